The molecule has 4 heterocycles. The van der Waals surface area contributed by atoms with Gasteiger partial charge in [0.25, 0.3) is 5.91 Å². The first-order chi connectivity index (χ1) is 14.8. The van der Waals surface area contributed by atoms with Crippen LogP contribution in [0.2, 0.25) is 0 Å². The molecule has 3 aromatic heterocycles. The Balaban J connectivity index is 0.000000254. The Morgan fingerprint density at radius 2 is 2.13 bits per heavy atom. The summed E-state index contributed by atoms with van der Waals surface area (Å²) in [5, 5.41) is 12.0. The van der Waals surface area contributed by atoms with Crippen LogP contribution in [0.4, 0.5) is 15.1 Å². The number of nitrogen functional groups attached to an aromatic ring is 1. The number of carbonyl (C=O) groups is 1. The Morgan fingerprint density at radius 3 is 2.77 bits per heavy atom. The molecule has 0 saturated carbocycles. The number of rotatable bonds is 3. The van der Waals surface area contributed by atoms with Crippen LogP contribution in [0.1, 0.15) is 29.0 Å². The minimum Gasteiger partial charge on any atom is -0.389 e. The number of anilines is 2. The van der Waals surface area contributed by atoms with Crippen LogP contribution in [0.15, 0.2) is 18.6 Å². The highest BCUT2D eigenvalue weighted by Crippen LogP contribution is 2.32. The number of nitrogens with zero attached hydrogens (tertiary/aromatic N) is 5. The SMILES string of the molecule is Cc1c(-c2nc(C(=O)Nc3cnn(C)c3)c(N)s2)cnn1C.NC1CCCOCC1F. The molecule has 4 rings (SSSR count). The number of nitrogens with two attached hydrogens (primary N) is 2. The zero-order chi connectivity index (χ0) is 22.5. The van der Waals surface area contributed by atoms with Crippen LogP contribution in [-0.4, -0.2) is 55.9 Å². The lowest BCUT2D eigenvalue weighted by atomic mass is 10.1. The number of nitrogens with one attached hydrogen (secondary N) is 1. The van der Waals surface area contributed by atoms with Gasteiger partial charge in [0, 0.05) is 38.6 Å². The van der Waals surface area contributed by atoms with E-state index in [1.54, 1.807) is 35.0 Å². The number of alkyl halides is 1. The predicted octanol–water partition coefficient (Wildman–Crippen LogP) is 1.88. The highest BCUT2D eigenvalue weighted by Gasteiger charge is 2.20. The molecule has 3 aromatic rings. The van der Waals surface area contributed by atoms with Gasteiger partial charge in [0.15, 0.2) is 5.69 Å². The predicted molar refractivity (Wildman–Crippen MR) is 118 cm³/mol. The second kappa shape index (κ2) is 9.98. The Hall–Kier alpha value is -2.83. The zero-order valence-corrected chi connectivity index (χ0v) is 18.5. The van der Waals surface area contributed by atoms with Crippen molar-refractivity contribution in [2.75, 3.05) is 24.3 Å². The number of amides is 1. The molecule has 0 spiro atoms. The van der Waals surface area contributed by atoms with Crippen LogP contribution in [0.5, 0.6) is 0 Å². The van der Waals surface area contributed by atoms with Gasteiger partial charge in [0.2, 0.25) is 0 Å². The molecule has 0 aromatic carbocycles. The number of thiazole rings is 1. The van der Waals surface area contributed by atoms with Crippen LogP contribution in [-0.2, 0) is 18.8 Å². The summed E-state index contributed by atoms with van der Waals surface area (Å²) in [6.07, 6.45) is 5.67. The number of hydrogen-bond donors (Lipinski definition) is 3. The maximum Gasteiger partial charge on any atom is 0.277 e. The molecular formula is C19H27FN8O2S. The van der Waals surface area contributed by atoms with Crippen molar-refractivity contribution < 1.29 is 13.9 Å². The van der Waals surface area contributed by atoms with E-state index in [9.17, 15) is 9.18 Å². The standard InChI is InChI=1S/C13H15N7OS.C6H12FNO/c1-7-9(5-16-20(7)3)13-18-10(11(14)22-13)12(21)17-8-4-15-19(2)6-8;7-5-4-9-3-1-2-6(5)8/h4-6H,14H2,1-3H3,(H,17,21);5-6H,1-4,8H2. The highest BCUT2D eigenvalue weighted by molar-refractivity contribution is 7.19. The number of hydrogen-bond acceptors (Lipinski definition) is 8. The molecule has 1 aliphatic rings. The van der Waals surface area contributed by atoms with Gasteiger partial charge in [-0.15, -0.1) is 0 Å². The third kappa shape index (κ3) is 5.66. The molecule has 1 saturated heterocycles. The van der Waals surface area contributed by atoms with Gasteiger partial charge in [-0.25, -0.2) is 9.37 Å². The Morgan fingerprint density at radius 1 is 1.35 bits per heavy atom. The Bertz CT molecular complexity index is 1020. The van der Waals surface area contributed by atoms with E-state index in [1.807, 2.05) is 14.0 Å². The monoisotopic (exact) mass is 450 g/mol. The molecular weight excluding hydrogens is 423 g/mol. The fourth-order valence-corrected chi connectivity index (χ4v) is 3.81. The Kier molecular flexibility index (Phi) is 7.36. The van der Waals surface area contributed by atoms with Crippen molar-refractivity contribution in [3.8, 4) is 10.6 Å². The summed E-state index contributed by atoms with van der Waals surface area (Å²) in [6.45, 7) is 2.78. The van der Waals surface area contributed by atoms with Gasteiger partial charge in [0.1, 0.15) is 16.2 Å². The summed E-state index contributed by atoms with van der Waals surface area (Å²) in [6, 6.07) is -0.299. The third-order valence-corrected chi connectivity index (χ3v) is 5.78. The molecule has 2 unspecified atom stereocenters. The molecule has 12 heteroatoms. The number of ether oxygens (including phenoxy) is 1. The number of carbonyl (C=O) groups excluding carboxylic acids is 1. The van der Waals surface area contributed by atoms with Crippen molar-refractivity contribution in [2.45, 2.75) is 32.0 Å². The maximum atomic E-state index is 12.6. The van der Waals surface area contributed by atoms with Crippen molar-refractivity contribution in [3.63, 3.8) is 0 Å². The second-order valence-electron chi connectivity index (χ2n) is 7.25. The van der Waals surface area contributed by atoms with Crippen molar-refractivity contribution in [2.24, 2.45) is 19.8 Å². The largest absolute Gasteiger partial charge is 0.389 e. The fourth-order valence-electron chi connectivity index (χ4n) is 2.92. The van der Waals surface area contributed by atoms with E-state index in [-0.39, 0.29) is 24.2 Å². The quantitative estimate of drug-likeness (QED) is 0.554. The van der Waals surface area contributed by atoms with Crippen LogP contribution >= 0.6 is 11.3 Å². The van der Waals surface area contributed by atoms with Crippen molar-refractivity contribution in [1.29, 1.82) is 0 Å². The third-order valence-electron chi connectivity index (χ3n) is 4.86. The first-order valence-electron chi connectivity index (χ1n) is 9.79. The van der Waals surface area contributed by atoms with E-state index < -0.39 is 6.17 Å². The molecule has 1 aliphatic heterocycles. The molecule has 0 bridgehead atoms. The minimum absolute atomic E-state index is 0.182. The van der Waals surface area contributed by atoms with Gasteiger partial charge >= 0.3 is 0 Å². The second-order valence-corrected chi connectivity index (χ2v) is 8.28. The van der Waals surface area contributed by atoms with Crippen LogP contribution in [0.3, 0.4) is 0 Å². The summed E-state index contributed by atoms with van der Waals surface area (Å²) in [5.74, 6) is -0.352. The fraction of sp³-hybridized carbons (Fsp3) is 0.474. The van der Waals surface area contributed by atoms with Crippen LogP contribution in [0.25, 0.3) is 10.6 Å². The molecule has 5 N–H and O–H groups in total. The van der Waals surface area contributed by atoms with E-state index in [1.165, 1.54) is 11.3 Å². The highest BCUT2D eigenvalue weighted by atomic mass is 32.1. The molecule has 1 amide bonds. The molecule has 2 atom stereocenters. The van der Waals surface area contributed by atoms with Gasteiger partial charge in [0.05, 0.1) is 30.3 Å². The van der Waals surface area contributed by atoms with Crippen molar-refractivity contribution >= 4 is 27.9 Å². The van der Waals surface area contributed by atoms with E-state index in [0.717, 1.165) is 24.1 Å². The molecule has 0 radical (unpaired) electrons. The topological polar surface area (TPSA) is 139 Å². The summed E-state index contributed by atoms with van der Waals surface area (Å²) >= 11 is 1.27. The lowest BCUT2D eigenvalue weighted by Gasteiger charge is -2.10. The average molecular weight is 451 g/mol. The maximum absolute atomic E-state index is 12.6. The molecule has 10 nitrogen and oxygen atoms in total. The summed E-state index contributed by atoms with van der Waals surface area (Å²) in [7, 11) is 3.63. The van der Waals surface area contributed by atoms with Gasteiger partial charge in [-0.3, -0.25) is 14.2 Å². The van der Waals surface area contributed by atoms with Crippen LogP contribution in [0, 0.1) is 6.92 Å². The number of halogens is 1. The smallest absolute Gasteiger partial charge is 0.277 e. The zero-order valence-electron chi connectivity index (χ0n) is 17.7. The van der Waals surface area contributed by atoms with Gasteiger partial charge < -0.3 is 21.5 Å². The minimum atomic E-state index is -0.951. The first kappa shape index (κ1) is 22.8. The van der Waals surface area contributed by atoms with Gasteiger partial charge in [-0.05, 0) is 19.8 Å². The first-order valence-corrected chi connectivity index (χ1v) is 10.6. The Labute approximate surface area is 183 Å². The lowest BCUT2D eigenvalue weighted by molar-refractivity contribution is 0.0923. The van der Waals surface area contributed by atoms with E-state index >= 15 is 0 Å². The summed E-state index contributed by atoms with van der Waals surface area (Å²) in [4.78, 5) is 16.6. The van der Waals surface area contributed by atoms with E-state index in [2.05, 4.69) is 20.5 Å². The van der Waals surface area contributed by atoms with E-state index in [0.29, 0.717) is 22.3 Å². The molecule has 1 fully saturated rings. The van der Waals surface area contributed by atoms with E-state index in [4.69, 9.17) is 16.2 Å². The number of aromatic nitrogens is 5. The van der Waals surface area contributed by atoms with Gasteiger partial charge in [-0.2, -0.15) is 10.2 Å². The normalized spacial score (nSPS) is 18.7. The summed E-state index contributed by atoms with van der Waals surface area (Å²) < 4.78 is 20.9. The summed E-state index contributed by atoms with van der Waals surface area (Å²) in [5.41, 5.74) is 14.0. The van der Waals surface area contributed by atoms with Crippen molar-refractivity contribution in [3.05, 3.63) is 30.0 Å². The average Bonchev–Trinajstić information content (AvgIpc) is 3.37. The number of aryl methyl sites for hydroxylation is 2. The van der Waals surface area contributed by atoms with Gasteiger partial charge in [-0.1, -0.05) is 11.3 Å². The molecule has 31 heavy (non-hydrogen) atoms. The molecule has 168 valence electrons. The van der Waals surface area contributed by atoms with Crippen LogP contribution < -0.4 is 16.8 Å². The molecule has 0 aliphatic carbocycles. The lowest BCUT2D eigenvalue weighted by Crippen LogP contribution is -2.32. The van der Waals surface area contributed by atoms with Crippen molar-refractivity contribution in [1.82, 2.24) is 24.5 Å².